The number of carbonyl (C=O) groups excluding carboxylic acids is 2. The second kappa shape index (κ2) is 18.0. The molecule has 1 aromatic heterocycles. The Morgan fingerprint density at radius 1 is 0.969 bits per heavy atom. The molecule has 0 amide bonds. The molecule has 0 spiro atoms. The molecule has 1 aliphatic heterocycles. The van der Waals surface area contributed by atoms with E-state index in [1.807, 2.05) is 66.7 Å². The summed E-state index contributed by atoms with van der Waals surface area (Å²) in [6.45, 7) is 23.7. The van der Waals surface area contributed by atoms with Crippen LogP contribution in [0.1, 0.15) is 103 Å². The van der Waals surface area contributed by atoms with E-state index in [9.17, 15) is 5.11 Å². The minimum atomic E-state index is -2.99. The lowest BCUT2D eigenvalue weighted by Gasteiger charge is -2.55. The fourth-order valence-electron chi connectivity index (χ4n) is 10.4. The number of ether oxygens (including phenoxy) is 3. The van der Waals surface area contributed by atoms with Crippen LogP contribution in [0.5, 0.6) is 17.4 Å². The predicted octanol–water partition coefficient (Wildman–Crippen LogP) is 10.4. The van der Waals surface area contributed by atoms with E-state index < -0.39 is 48.4 Å². The van der Waals surface area contributed by atoms with Crippen molar-refractivity contribution < 1.29 is 37.9 Å². The summed E-state index contributed by atoms with van der Waals surface area (Å²) >= 11 is 0. The Bertz CT molecular complexity index is 2430. The van der Waals surface area contributed by atoms with Crippen LogP contribution in [0.25, 0.3) is 5.76 Å². The third-order valence-electron chi connectivity index (χ3n) is 14.4. The van der Waals surface area contributed by atoms with Crippen molar-refractivity contribution in [3.8, 4) is 17.4 Å². The van der Waals surface area contributed by atoms with Crippen molar-refractivity contribution in [3.63, 3.8) is 0 Å². The third kappa shape index (κ3) is 7.75. The zero-order valence-corrected chi connectivity index (χ0v) is 39.4. The molecule has 3 aromatic carbocycles. The number of hydrogen-bond acceptors (Lipinski definition) is 11. The number of likely N-dealkylation sites (tertiary alicyclic amines) is 1. The molecule has 11 nitrogen and oxygen atoms in total. The smallest absolute Gasteiger partial charge is 0.265 e. The van der Waals surface area contributed by atoms with E-state index in [0.717, 1.165) is 48.2 Å². The summed E-state index contributed by atoms with van der Waals surface area (Å²) in [5.74, 6) is -1.16. The van der Waals surface area contributed by atoms with Crippen LogP contribution in [0.2, 0.25) is 18.1 Å². The monoisotopic (exact) mass is 885 g/mol. The summed E-state index contributed by atoms with van der Waals surface area (Å²) < 4.78 is 33.0. The van der Waals surface area contributed by atoms with E-state index >= 15 is 9.59 Å². The van der Waals surface area contributed by atoms with E-state index in [0.29, 0.717) is 48.8 Å². The topological polar surface area (TPSA) is 124 Å². The van der Waals surface area contributed by atoms with E-state index in [-0.39, 0.29) is 42.0 Å². The van der Waals surface area contributed by atoms with Gasteiger partial charge in [0.15, 0.2) is 19.7 Å². The van der Waals surface area contributed by atoms with E-state index in [2.05, 4.69) is 68.9 Å². The molecule has 4 aliphatic rings. The molecule has 1 saturated heterocycles. The molecular formula is C52H63N3O8Si. The van der Waals surface area contributed by atoms with Gasteiger partial charge in [-0.25, -0.2) is 0 Å². The van der Waals surface area contributed by atoms with Gasteiger partial charge in [0.1, 0.15) is 36.0 Å². The molecule has 0 radical (unpaired) electrons. The minimum Gasteiger partial charge on any atom is -0.507 e. The Balaban J connectivity index is 1.36. The highest BCUT2D eigenvalue weighted by Crippen LogP contribution is 2.60. The molecule has 338 valence electrons. The number of carbonyl (C=O) groups is 2. The maximum atomic E-state index is 16.3. The molecule has 1 unspecified atom stereocenters. The van der Waals surface area contributed by atoms with Crippen LogP contribution in [0.3, 0.4) is 0 Å². The molecule has 5 atom stereocenters. The SMILES string of the molecule is C=CCN(CC=C)[C@@H]1c2onc(OCc3ccccc3)c2C(=O)[C@@]2(O[Si](C)(C)C(C)(C)C)C(=O)C3=C(O)c4c(OCc5ccccc5)cc(C5CCCN5CC)c(OC)c4C[C@H]3C[C@@H]12. The average Bonchev–Trinajstić information content (AvgIpc) is 3.93. The van der Waals surface area contributed by atoms with Crippen molar-refractivity contribution in [2.75, 3.05) is 33.3 Å². The van der Waals surface area contributed by atoms with Crippen LogP contribution in [0.15, 0.2) is 102 Å². The molecule has 2 heterocycles. The summed E-state index contributed by atoms with van der Waals surface area (Å²) in [5.41, 5.74) is 2.19. The number of aromatic nitrogens is 1. The first kappa shape index (κ1) is 45.3. The Labute approximate surface area is 378 Å². The van der Waals surface area contributed by atoms with Crippen LogP contribution < -0.4 is 14.2 Å². The summed E-state index contributed by atoms with van der Waals surface area (Å²) in [6, 6.07) is 20.9. The second-order valence-corrected chi connectivity index (χ2v) is 23.9. The lowest BCUT2D eigenvalue weighted by molar-refractivity contribution is -0.141. The summed E-state index contributed by atoms with van der Waals surface area (Å²) in [7, 11) is -1.31. The van der Waals surface area contributed by atoms with Gasteiger partial charge in [0.25, 0.3) is 5.88 Å². The Morgan fingerprint density at radius 3 is 2.20 bits per heavy atom. The van der Waals surface area contributed by atoms with Gasteiger partial charge >= 0.3 is 0 Å². The van der Waals surface area contributed by atoms with Crippen molar-refractivity contribution in [2.24, 2.45) is 11.8 Å². The largest absolute Gasteiger partial charge is 0.507 e. The normalized spacial score (nSPS) is 23.3. The number of aliphatic hydroxyl groups excluding tert-OH is 1. The van der Waals surface area contributed by atoms with Gasteiger partial charge in [-0.2, -0.15) is 0 Å². The van der Waals surface area contributed by atoms with E-state index in [4.69, 9.17) is 23.2 Å². The maximum Gasteiger partial charge on any atom is 0.265 e. The van der Waals surface area contributed by atoms with Gasteiger partial charge in [-0.1, -0.05) is 101 Å². The lowest BCUT2D eigenvalue weighted by atomic mass is 9.57. The third-order valence-corrected chi connectivity index (χ3v) is 18.8. The van der Waals surface area contributed by atoms with Crippen molar-refractivity contribution in [1.82, 2.24) is 15.0 Å². The summed E-state index contributed by atoms with van der Waals surface area (Å²) in [6.07, 6.45) is 6.26. The van der Waals surface area contributed by atoms with Crippen LogP contribution >= 0.6 is 0 Å². The summed E-state index contributed by atoms with van der Waals surface area (Å²) in [5, 5.41) is 17.0. The second-order valence-electron chi connectivity index (χ2n) is 19.2. The van der Waals surface area contributed by atoms with Gasteiger partial charge < -0.3 is 28.3 Å². The summed E-state index contributed by atoms with van der Waals surface area (Å²) in [4.78, 5) is 36.8. The van der Waals surface area contributed by atoms with Gasteiger partial charge in [-0.15, -0.1) is 13.2 Å². The molecule has 64 heavy (non-hydrogen) atoms. The standard InChI is InChI=1S/C52H63N3O8Si/c1-10-25-55(26-11-2)44-38-29-35-28-37-42(40(60-31-33-20-15-13-16-21-33)30-36(46(37)59-7)39-24-19-27-54(39)12-3)45(56)41(35)48(57)52(38,63-64(8,9)51(4,5)6)49(58)43-47(44)62-53-50(43)61-32-34-22-17-14-18-23-34/h10-11,13-18,20-23,30,35,38-39,44,56H,1-2,12,19,24-29,31-32H2,3-9H3/t35-,38-,39?,44-,52-/m0/s1. The lowest BCUT2D eigenvalue weighted by Crippen LogP contribution is -2.68. The van der Waals surface area contributed by atoms with Gasteiger partial charge in [-0.3, -0.25) is 19.4 Å². The van der Waals surface area contributed by atoms with Gasteiger partial charge in [-0.05, 0) is 85.2 Å². The molecule has 1 saturated carbocycles. The Hall–Kier alpha value is -5.27. The highest BCUT2D eigenvalue weighted by molar-refractivity contribution is 6.74. The van der Waals surface area contributed by atoms with Crippen LogP contribution in [0.4, 0.5) is 0 Å². The number of aliphatic hydroxyl groups is 1. The zero-order chi connectivity index (χ0) is 45.6. The van der Waals surface area contributed by atoms with Crippen molar-refractivity contribution in [2.45, 2.75) is 102 Å². The molecule has 0 bridgehead atoms. The molecule has 1 N–H and O–H groups in total. The number of hydrogen-bond donors (Lipinski definition) is 1. The van der Waals surface area contributed by atoms with Gasteiger partial charge in [0.05, 0.1) is 18.7 Å². The predicted molar refractivity (Wildman–Crippen MR) is 250 cm³/mol. The average molecular weight is 886 g/mol. The van der Waals surface area contributed by atoms with Crippen LogP contribution in [-0.4, -0.2) is 78.8 Å². The number of rotatable bonds is 16. The van der Waals surface area contributed by atoms with E-state index in [1.54, 1.807) is 19.3 Å². The fourth-order valence-corrected chi connectivity index (χ4v) is 11.8. The number of Topliss-reactive ketones (excluding diaryl/α,β-unsaturated/α-hetero) is 2. The van der Waals surface area contributed by atoms with Crippen molar-refractivity contribution in [3.05, 3.63) is 137 Å². The van der Waals surface area contributed by atoms with Crippen LogP contribution in [-0.2, 0) is 28.9 Å². The molecule has 12 heteroatoms. The Kier molecular flexibility index (Phi) is 12.7. The van der Waals surface area contributed by atoms with Crippen LogP contribution in [0, 0.1) is 11.8 Å². The first-order valence-electron chi connectivity index (χ1n) is 22.7. The van der Waals surface area contributed by atoms with Crippen molar-refractivity contribution >= 4 is 25.6 Å². The number of methoxy groups -OCH3 is 1. The molecule has 3 aliphatic carbocycles. The quantitative estimate of drug-likeness (QED) is 0.0657. The molecule has 4 aromatic rings. The number of benzene rings is 3. The molecule has 2 fully saturated rings. The van der Waals surface area contributed by atoms with Gasteiger partial charge in [0, 0.05) is 41.7 Å². The minimum absolute atomic E-state index is 0.00770. The highest BCUT2D eigenvalue weighted by atomic mass is 28.4. The first-order chi connectivity index (χ1) is 30.7. The highest BCUT2D eigenvalue weighted by Gasteiger charge is 2.69. The molecule has 8 rings (SSSR count). The molecular weight excluding hydrogens is 823 g/mol. The Morgan fingerprint density at radius 2 is 1.61 bits per heavy atom. The van der Waals surface area contributed by atoms with Crippen molar-refractivity contribution in [1.29, 1.82) is 0 Å². The van der Waals surface area contributed by atoms with Gasteiger partial charge in [0.2, 0.25) is 11.6 Å². The number of nitrogens with zero attached hydrogens (tertiary/aromatic N) is 3. The fraction of sp³-hybridized carbons (Fsp3) is 0.442. The van der Waals surface area contributed by atoms with E-state index in [1.165, 1.54) is 0 Å². The first-order valence-corrected chi connectivity index (χ1v) is 25.6. The number of fused-ring (bicyclic) bond motifs is 4. The number of ketones is 2. The maximum absolute atomic E-state index is 16.3. The zero-order valence-electron chi connectivity index (χ0n) is 38.4.